The lowest BCUT2D eigenvalue weighted by atomic mass is 10.2. The summed E-state index contributed by atoms with van der Waals surface area (Å²) in [6, 6.07) is 4.32. The Morgan fingerprint density at radius 3 is 2.74 bits per heavy atom. The molecular formula is C16H25BrClN3O2. The van der Waals surface area contributed by atoms with E-state index in [0.717, 1.165) is 55.8 Å². The average molecular weight is 407 g/mol. The fourth-order valence-corrected chi connectivity index (χ4v) is 3.86. The topological polar surface area (TPSA) is 48.0 Å². The fraction of sp³-hybridized carbons (Fsp3) is 0.625. The number of phenolic OH excluding ortho intramolecular Hbond substituents is 1. The molecule has 1 aromatic rings. The molecule has 1 atom stereocenters. The summed E-state index contributed by atoms with van der Waals surface area (Å²) in [7, 11) is 1.57. The van der Waals surface area contributed by atoms with Crippen molar-refractivity contribution in [3.63, 3.8) is 0 Å². The van der Waals surface area contributed by atoms with Crippen LogP contribution in [-0.4, -0.2) is 67.3 Å². The highest BCUT2D eigenvalue weighted by molar-refractivity contribution is 9.10. The number of likely N-dealkylation sites (tertiary alicyclic amines) is 1. The Hall–Kier alpha value is -0.530. The molecule has 0 saturated carbocycles. The van der Waals surface area contributed by atoms with E-state index in [1.165, 1.54) is 6.42 Å². The number of methoxy groups -OCH3 is 1. The maximum absolute atomic E-state index is 9.97. The smallest absolute Gasteiger partial charge is 0.161 e. The number of nitrogens with one attached hydrogen (secondary N) is 1. The molecule has 3 rings (SSSR count). The van der Waals surface area contributed by atoms with Crippen LogP contribution in [0.15, 0.2) is 16.6 Å². The molecule has 0 spiro atoms. The number of phenols is 1. The summed E-state index contributed by atoms with van der Waals surface area (Å²) in [5.41, 5.74) is 1.11. The molecule has 1 unspecified atom stereocenters. The van der Waals surface area contributed by atoms with Gasteiger partial charge in [-0.3, -0.25) is 9.80 Å². The standard InChI is InChI=1S/C16H24BrN3O2.ClH/c1-22-16-9-14(17)12(8-15(16)21)10-19-5-2-13(11-19)20-6-3-18-4-7-20;/h8-9,13,18,21H,2-7,10-11H2,1H3;1H. The number of piperazine rings is 1. The van der Waals surface area contributed by atoms with Crippen LogP contribution >= 0.6 is 28.3 Å². The Kier molecular flexibility index (Phi) is 6.98. The summed E-state index contributed by atoms with van der Waals surface area (Å²) in [5, 5.41) is 13.4. The van der Waals surface area contributed by atoms with Gasteiger partial charge in [-0.15, -0.1) is 12.4 Å². The lowest BCUT2D eigenvalue weighted by Crippen LogP contribution is -2.49. The highest BCUT2D eigenvalue weighted by Gasteiger charge is 2.28. The van der Waals surface area contributed by atoms with Gasteiger partial charge in [0.1, 0.15) is 0 Å². The first kappa shape index (κ1) is 18.8. The predicted octanol–water partition coefficient (Wildman–Crippen LogP) is 2.06. The van der Waals surface area contributed by atoms with E-state index in [1.807, 2.05) is 6.07 Å². The summed E-state index contributed by atoms with van der Waals surface area (Å²) in [5.74, 6) is 0.717. The van der Waals surface area contributed by atoms with Crippen molar-refractivity contribution < 1.29 is 9.84 Å². The third-order valence-corrected chi connectivity index (χ3v) is 5.40. The van der Waals surface area contributed by atoms with Crippen molar-refractivity contribution in [2.75, 3.05) is 46.4 Å². The minimum Gasteiger partial charge on any atom is -0.504 e. The number of aromatic hydroxyl groups is 1. The van der Waals surface area contributed by atoms with Gasteiger partial charge in [0.15, 0.2) is 11.5 Å². The van der Waals surface area contributed by atoms with Gasteiger partial charge in [-0.1, -0.05) is 15.9 Å². The number of hydrogen-bond donors (Lipinski definition) is 2. The van der Waals surface area contributed by atoms with Gasteiger partial charge in [-0.25, -0.2) is 0 Å². The third-order valence-electron chi connectivity index (χ3n) is 4.66. The van der Waals surface area contributed by atoms with Crippen molar-refractivity contribution >= 4 is 28.3 Å². The number of ether oxygens (including phenoxy) is 1. The molecule has 5 nitrogen and oxygen atoms in total. The number of hydrogen-bond acceptors (Lipinski definition) is 5. The van der Waals surface area contributed by atoms with E-state index in [9.17, 15) is 5.11 Å². The molecule has 2 N–H and O–H groups in total. The van der Waals surface area contributed by atoms with Crippen molar-refractivity contribution in [2.24, 2.45) is 0 Å². The molecule has 1 aromatic carbocycles. The monoisotopic (exact) mass is 405 g/mol. The van der Waals surface area contributed by atoms with Gasteiger partial charge >= 0.3 is 0 Å². The van der Waals surface area contributed by atoms with Crippen LogP contribution < -0.4 is 10.1 Å². The highest BCUT2D eigenvalue weighted by atomic mass is 79.9. The van der Waals surface area contributed by atoms with Gasteiger partial charge < -0.3 is 15.2 Å². The quantitative estimate of drug-likeness (QED) is 0.801. The molecule has 0 aliphatic carbocycles. The van der Waals surface area contributed by atoms with E-state index < -0.39 is 0 Å². The first-order valence-electron chi connectivity index (χ1n) is 7.90. The first-order valence-corrected chi connectivity index (χ1v) is 8.69. The van der Waals surface area contributed by atoms with E-state index in [-0.39, 0.29) is 18.2 Å². The molecule has 0 bridgehead atoms. The largest absolute Gasteiger partial charge is 0.504 e. The maximum Gasteiger partial charge on any atom is 0.161 e. The van der Waals surface area contributed by atoms with E-state index in [1.54, 1.807) is 13.2 Å². The highest BCUT2D eigenvalue weighted by Crippen LogP contribution is 2.33. The summed E-state index contributed by atoms with van der Waals surface area (Å²) >= 11 is 3.58. The van der Waals surface area contributed by atoms with Gasteiger partial charge in [0.25, 0.3) is 0 Å². The zero-order chi connectivity index (χ0) is 15.5. The van der Waals surface area contributed by atoms with Crippen molar-refractivity contribution in [2.45, 2.75) is 19.0 Å². The van der Waals surface area contributed by atoms with Crippen molar-refractivity contribution in [1.82, 2.24) is 15.1 Å². The number of nitrogens with zero attached hydrogens (tertiary/aromatic N) is 2. The SMILES string of the molecule is COc1cc(Br)c(CN2CCC(N3CCNCC3)C2)cc1O.Cl. The summed E-state index contributed by atoms with van der Waals surface area (Å²) in [6.07, 6.45) is 1.24. The third kappa shape index (κ3) is 4.51. The predicted molar refractivity (Wildman–Crippen MR) is 97.7 cm³/mol. The zero-order valence-corrected chi connectivity index (χ0v) is 15.8. The summed E-state index contributed by atoms with van der Waals surface area (Å²) in [6.45, 7) is 7.62. The molecule has 7 heteroatoms. The Morgan fingerprint density at radius 1 is 1.30 bits per heavy atom. The second-order valence-corrected chi connectivity index (χ2v) is 6.93. The van der Waals surface area contributed by atoms with Gasteiger partial charge in [0.05, 0.1) is 7.11 Å². The van der Waals surface area contributed by atoms with E-state index in [2.05, 4.69) is 31.0 Å². The molecule has 2 saturated heterocycles. The first-order chi connectivity index (χ1) is 10.7. The molecule has 0 aromatic heterocycles. The van der Waals surface area contributed by atoms with E-state index in [4.69, 9.17) is 4.74 Å². The zero-order valence-electron chi connectivity index (χ0n) is 13.4. The van der Waals surface area contributed by atoms with Crippen LogP contribution in [0.25, 0.3) is 0 Å². The van der Waals surface area contributed by atoms with Crippen molar-refractivity contribution in [3.8, 4) is 11.5 Å². The molecule has 130 valence electrons. The Bertz CT molecular complexity index is 526. The molecule has 2 fully saturated rings. The van der Waals surface area contributed by atoms with Gasteiger partial charge in [0.2, 0.25) is 0 Å². The minimum atomic E-state index is 0. The normalized spacial score (nSPS) is 22.8. The second-order valence-electron chi connectivity index (χ2n) is 6.08. The van der Waals surface area contributed by atoms with E-state index in [0.29, 0.717) is 11.8 Å². The Morgan fingerprint density at radius 2 is 2.04 bits per heavy atom. The molecule has 23 heavy (non-hydrogen) atoms. The van der Waals surface area contributed by atoms with Crippen molar-refractivity contribution in [1.29, 1.82) is 0 Å². The van der Waals surface area contributed by atoms with Crippen LogP contribution in [0.5, 0.6) is 11.5 Å². The number of rotatable bonds is 4. The van der Waals surface area contributed by atoms with Crippen LogP contribution in [-0.2, 0) is 6.54 Å². The summed E-state index contributed by atoms with van der Waals surface area (Å²) < 4.78 is 6.13. The molecule has 2 aliphatic rings. The number of benzene rings is 1. The van der Waals surface area contributed by atoms with Crippen LogP contribution in [0, 0.1) is 0 Å². The van der Waals surface area contributed by atoms with Gasteiger partial charge in [-0.2, -0.15) is 0 Å². The molecular weight excluding hydrogens is 382 g/mol. The molecule has 0 radical (unpaired) electrons. The van der Waals surface area contributed by atoms with Crippen LogP contribution in [0.2, 0.25) is 0 Å². The fourth-order valence-electron chi connectivity index (χ4n) is 3.41. The summed E-state index contributed by atoms with van der Waals surface area (Å²) in [4.78, 5) is 5.08. The Balaban J connectivity index is 0.00000192. The average Bonchev–Trinajstić information content (AvgIpc) is 3.00. The number of halogens is 2. The molecule has 0 amide bonds. The van der Waals surface area contributed by atoms with Crippen LogP contribution in [0.4, 0.5) is 0 Å². The van der Waals surface area contributed by atoms with Gasteiger partial charge in [0, 0.05) is 56.3 Å². The lowest BCUT2D eigenvalue weighted by molar-refractivity contribution is 0.170. The lowest BCUT2D eigenvalue weighted by Gasteiger charge is -2.32. The molecule has 2 aliphatic heterocycles. The van der Waals surface area contributed by atoms with Gasteiger partial charge in [-0.05, 0) is 24.1 Å². The molecule has 2 heterocycles. The second kappa shape index (κ2) is 8.53. The van der Waals surface area contributed by atoms with Crippen LogP contribution in [0.3, 0.4) is 0 Å². The van der Waals surface area contributed by atoms with E-state index >= 15 is 0 Å². The van der Waals surface area contributed by atoms with Crippen molar-refractivity contribution in [3.05, 3.63) is 22.2 Å². The van der Waals surface area contributed by atoms with Crippen LogP contribution in [0.1, 0.15) is 12.0 Å². The minimum absolute atomic E-state index is 0. The maximum atomic E-state index is 9.97. The Labute approximate surface area is 152 Å².